The highest BCUT2D eigenvalue weighted by Gasteiger charge is 2.18. The number of thiophene rings is 1. The van der Waals surface area contributed by atoms with Crippen molar-refractivity contribution in [1.29, 1.82) is 0 Å². The summed E-state index contributed by atoms with van der Waals surface area (Å²) in [5, 5.41) is 7.03. The number of hydrogen-bond acceptors (Lipinski definition) is 6. The number of esters is 1. The number of ether oxygens (including phenoxy) is 2. The van der Waals surface area contributed by atoms with Gasteiger partial charge >= 0.3 is 12.1 Å². The highest BCUT2D eigenvalue weighted by atomic mass is 32.1. The van der Waals surface area contributed by atoms with Crippen LogP contribution < -0.4 is 10.6 Å². The third-order valence-electron chi connectivity index (χ3n) is 2.62. The lowest BCUT2D eigenvalue weighted by molar-refractivity contribution is -0.144. The second kappa shape index (κ2) is 9.27. The fourth-order valence-electron chi connectivity index (χ4n) is 1.61. The van der Waals surface area contributed by atoms with E-state index in [0.29, 0.717) is 4.88 Å². The summed E-state index contributed by atoms with van der Waals surface area (Å²) in [7, 11) is 0. The Kier molecular flexibility index (Phi) is 7.70. The van der Waals surface area contributed by atoms with Gasteiger partial charge in [0.2, 0.25) is 0 Å². The molecule has 1 atom stereocenters. The second-order valence-electron chi connectivity index (χ2n) is 6.21. The summed E-state index contributed by atoms with van der Waals surface area (Å²) in [5.74, 6) is -0.655. The molecule has 0 aliphatic rings. The van der Waals surface area contributed by atoms with E-state index in [1.807, 2.05) is 5.38 Å². The first kappa shape index (κ1) is 20.0. The molecule has 0 aliphatic carbocycles. The van der Waals surface area contributed by atoms with Gasteiger partial charge in [0.1, 0.15) is 12.2 Å². The standard InChI is InChI=1S/C16H24N2O5S/c1-11(18-15(21)23-16(2,3)4)10-22-13(19)7-8-17-14(20)12-6-5-9-24-12/h5-6,9,11H,7-8,10H2,1-4H3,(H,17,20)(H,18,21)/t11-/m1/s1. The van der Waals surface area contributed by atoms with Gasteiger partial charge in [-0.2, -0.15) is 0 Å². The van der Waals surface area contributed by atoms with Crippen molar-refractivity contribution in [2.75, 3.05) is 13.2 Å². The molecular weight excluding hydrogens is 332 g/mol. The molecule has 8 heteroatoms. The van der Waals surface area contributed by atoms with Gasteiger partial charge in [0.15, 0.2) is 0 Å². The molecule has 0 unspecified atom stereocenters. The fraction of sp³-hybridized carbons (Fsp3) is 0.562. The molecule has 0 aliphatic heterocycles. The number of carbonyl (C=O) groups excluding carboxylic acids is 3. The van der Waals surface area contributed by atoms with Crippen LogP contribution in [-0.2, 0) is 14.3 Å². The predicted octanol–water partition coefficient (Wildman–Crippen LogP) is 2.32. The molecule has 0 aromatic carbocycles. The van der Waals surface area contributed by atoms with Crippen molar-refractivity contribution in [1.82, 2.24) is 10.6 Å². The van der Waals surface area contributed by atoms with Gasteiger partial charge in [-0.3, -0.25) is 9.59 Å². The Hall–Kier alpha value is -2.09. The van der Waals surface area contributed by atoms with Crippen LogP contribution in [0.4, 0.5) is 4.79 Å². The Bertz CT molecular complexity index is 551. The molecular formula is C16H24N2O5S. The Morgan fingerprint density at radius 2 is 2.00 bits per heavy atom. The average Bonchev–Trinajstić information content (AvgIpc) is 2.97. The molecule has 1 aromatic rings. The maximum Gasteiger partial charge on any atom is 0.407 e. The minimum Gasteiger partial charge on any atom is -0.463 e. The summed E-state index contributed by atoms with van der Waals surface area (Å²) >= 11 is 1.33. The quantitative estimate of drug-likeness (QED) is 0.731. The Balaban J connectivity index is 2.16. The molecule has 1 heterocycles. The fourth-order valence-corrected chi connectivity index (χ4v) is 2.25. The van der Waals surface area contributed by atoms with Gasteiger partial charge in [-0.15, -0.1) is 11.3 Å². The van der Waals surface area contributed by atoms with E-state index in [4.69, 9.17) is 9.47 Å². The molecule has 0 spiro atoms. The van der Waals surface area contributed by atoms with Crippen molar-refractivity contribution in [3.8, 4) is 0 Å². The molecule has 1 aromatic heterocycles. The SMILES string of the molecule is C[C@H](COC(=O)CCNC(=O)c1cccs1)NC(=O)OC(C)(C)C. The van der Waals surface area contributed by atoms with Crippen molar-refractivity contribution in [3.05, 3.63) is 22.4 Å². The number of rotatable bonds is 7. The van der Waals surface area contributed by atoms with Gasteiger partial charge in [0, 0.05) is 6.54 Å². The first-order valence-electron chi connectivity index (χ1n) is 7.64. The van der Waals surface area contributed by atoms with E-state index in [0.717, 1.165) is 0 Å². The van der Waals surface area contributed by atoms with E-state index in [1.54, 1.807) is 39.8 Å². The van der Waals surface area contributed by atoms with E-state index >= 15 is 0 Å². The van der Waals surface area contributed by atoms with Crippen LogP contribution in [0.25, 0.3) is 0 Å². The largest absolute Gasteiger partial charge is 0.463 e. The van der Waals surface area contributed by atoms with Crippen LogP contribution >= 0.6 is 11.3 Å². The van der Waals surface area contributed by atoms with Crippen LogP contribution in [0.1, 0.15) is 43.8 Å². The maximum atomic E-state index is 11.7. The van der Waals surface area contributed by atoms with Crippen LogP contribution in [0.15, 0.2) is 17.5 Å². The van der Waals surface area contributed by atoms with E-state index < -0.39 is 17.7 Å². The zero-order valence-electron chi connectivity index (χ0n) is 14.4. The highest BCUT2D eigenvalue weighted by Crippen LogP contribution is 2.08. The van der Waals surface area contributed by atoms with E-state index in [1.165, 1.54) is 11.3 Å². The lowest BCUT2D eigenvalue weighted by Crippen LogP contribution is -2.40. The van der Waals surface area contributed by atoms with Crippen LogP contribution in [0.2, 0.25) is 0 Å². The number of nitrogens with one attached hydrogen (secondary N) is 2. The van der Waals surface area contributed by atoms with Gasteiger partial charge in [-0.25, -0.2) is 4.79 Å². The van der Waals surface area contributed by atoms with Gasteiger partial charge in [-0.1, -0.05) is 6.07 Å². The van der Waals surface area contributed by atoms with Crippen molar-refractivity contribution >= 4 is 29.3 Å². The summed E-state index contributed by atoms with van der Waals surface area (Å²) in [6, 6.07) is 3.12. The zero-order chi connectivity index (χ0) is 18.2. The minimum absolute atomic E-state index is 0.0386. The van der Waals surface area contributed by atoms with Crippen LogP contribution in [0, 0.1) is 0 Å². The molecule has 0 saturated carbocycles. The normalized spacial score (nSPS) is 12.2. The van der Waals surface area contributed by atoms with Crippen molar-refractivity contribution in [3.63, 3.8) is 0 Å². The highest BCUT2D eigenvalue weighted by molar-refractivity contribution is 7.12. The molecule has 0 saturated heterocycles. The topological polar surface area (TPSA) is 93.7 Å². The third-order valence-corrected chi connectivity index (χ3v) is 3.49. The van der Waals surface area contributed by atoms with Crippen LogP contribution in [0.5, 0.6) is 0 Å². The van der Waals surface area contributed by atoms with Gasteiger partial charge in [-0.05, 0) is 39.1 Å². The molecule has 7 nitrogen and oxygen atoms in total. The molecule has 1 rings (SSSR count). The molecule has 0 bridgehead atoms. The van der Waals surface area contributed by atoms with Crippen LogP contribution in [-0.4, -0.2) is 42.8 Å². The molecule has 134 valence electrons. The first-order chi connectivity index (χ1) is 11.2. The summed E-state index contributed by atoms with van der Waals surface area (Å²) < 4.78 is 10.2. The first-order valence-corrected chi connectivity index (χ1v) is 8.52. The van der Waals surface area contributed by atoms with Gasteiger partial charge < -0.3 is 20.1 Å². The lowest BCUT2D eigenvalue weighted by Gasteiger charge is -2.21. The van der Waals surface area contributed by atoms with Gasteiger partial charge in [0.25, 0.3) is 5.91 Å². The summed E-state index contributed by atoms with van der Waals surface area (Å²) in [5.41, 5.74) is -0.582. The second-order valence-corrected chi connectivity index (χ2v) is 7.16. The molecule has 0 radical (unpaired) electrons. The van der Waals surface area contributed by atoms with E-state index in [-0.39, 0.29) is 31.5 Å². The number of amides is 2. The number of alkyl carbamates (subject to hydrolysis) is 1. The summed E-state index contributed by atoms with van der Waals surface area (Å²) in [6.07, 6.45) is -0.495. The smallest absolute Gasteiger partial charge is 0.407 e. The van der Waals surface area contributed by atoms with Crippen molar-refractivity contribution < 1.29 is 23.9 Å². The average molecular weight is 356 g/mol. The lowest BCUT2D eigenvalue weighted by atomic mass is 10.2. The van der Waals surface area contributed by atoms with Crippen molar-refractivity contribution in [2.24, 2.45) is 0 Å². The molecule has 2 amide bonds. The third kappa shape index (κ3) is 8.52. The predicted molar refractivity (Wildman–Crippen MR) is 91.1 cm³/mol. The maximum absolute atomic E-state index is 11.7. The Morgan fingerprint density at radius 1 is 1.29 bits per heavy atom. The Labute approximate surface area is 145 Å². The summed E-state index contributed by atoms with van der Waals surface area (Å²) in [4.78, 5) is 35.4. The number of carbonyl (C=O) groups is 3. The summed E-state index contributed by atoms with van der Waals surface area (Å²) in [6.45, 7) is 7.24. The van der Waals surface area contributed by atoms with Crippen LogP contribution in [0.3, 0.4) is 0 Å². The zero-order valence-corrected chi connectivity index (χ0v) is 15.2. The molecule has 2 N–H and O–H groups in total. The van der Waals surface area contributed by atoms with Crippen molar-refractivity contribution in [2.45, 2.75) is 45.8 Å². The minimum atomic E-state index is -0.582. The van der Waals surface area contributed by atoms with E-state index in [2.05, 4.69) is 10.6 Å². The molecule has 24 heavy (non-hydrogen) atoms. The van der Waals surface area contributed by atoms with Gasteiger partial charge in [0.05, 0.1) is 17.3 Å². The number of hydrogen-bond donors (Lipinski definition) is 2. The van der Waals surface area contributed by atoms with E-state index in [9.17, 15) is 14.4 Å². The molecule has 0 fully saturated rings. The Morgan fingerprint density at radius 3 is 2.58 bits per heavy atom. The monoisotopic (exact) mass is 356 g/mol.